The highest BCUT2D eigenvalue weighted by molar-refractivity contribution is 7.99. The van der Waals surface area contributed by atoms with Crippen molar-refractivity contribution in [2.75, 3.05) is 5.32 Å². The minimum atomic E-state index is -0.597. The molecule has 0 saturated heterocycles. The van der Waals surface area contributed by atoms with E-state index in [1.54, 1.807) is 11.8 Å². The molecule has 0 spiro atoms. The molecule has 0 bridgehead atoms. The zero-order chi connectivity index (χ0) is 17.6. The number of benzene rings is 2. The third-order valence-corrected chi connectivity index (χ3v) is 4.34. The van der Waals surface area contributed by atoms with Gasteiger partial charge in [0.25, 0.3) is 0 Å². The Morgan fingerprint density at radius 1 is 1.12 bits per heavy atom. The first-order valence-electron chi connectivity index (χ1n) is 7.41. The van der Waals surface area contributed by atoms with Crippen LogP contribution in [0, 0.1) is 10.1 Å². The van der Waals surface area contributed by atoms with Crippen LogP contribution < -0.4 is 5.32 Å². The number of hydrogen-bond acceptors (Lipinski definition) is 5. The van der Waals surface area contributed by atoms with Crippen LogP contribution in [0.1, 0.15) is 0 Å². The van der Waals surface area contributed by atoms with Crippen molar-refractivity contribution in [1.29, 1.82) is 0 Å². The van der Waals surface area contributed by atoms with E-state index in [2.05, 4.69) is 10.4 Å². The average Bonchev–Trinajstić information content (AvgIpc) is 3.06. The molecule has 1 heterocycles. The molecule has 0 unspecified atom stereocenters. The Morgan fingerprint density at radius 2 is 1.84 bits per heavy atom. The lowest BCUT2D eigenvalue weighted by Gasteiger charge is -2.10. The second kappa shape index (κ2) is 7.63. The number of para-hydroxylation sites is 1. The van der Waals surface area contributed by atoms with Crippen LogP contribution in [0.3, 0.4) is 0 Å². The van der Waals surface area contributed by atoms with Gasteiger partial charge >= 0.3 is 5.82 Å². The summed E-state index contributed by atoms with van der Waals surface area (Å²) in [5, 5.41) is 17.2. The summed E-state index contributed by atoms with van der Waals surface area (Å²) in [7, 11) is 0. The lowest BCUT2D eigenvalue weighted by Crippen LogP contribution is -2.19. The number of amides is 1. The molecule has 0 aliphatic carbocycles. The number of rotatable bonds is 6. The summed E-state index contributed by atoms with van der Waals surface area (Å²) >= 11 is 1.54. The zero-order valence-corrected chi connectivity index (χ0v) is 13.8. The maximum Gasteiger partial charge on any atom is 0.389 e. The normalized spacial score (nSPS) is 10.4. The van der Waals surface area contributed by atoms with E-state index < -0.39 is 4.92 Å². The summed E-state index contributed by atoms with van der Waals surface area (Å²) in [6, 6.07) is 18.6. The maximum atomic E-state index is 12.2. The molecule has 0 radical (unpaired) electrons. The van der Waals surface area contributed by atoms with Crippen molar-refractivity contribution >= 4 is 29.2 Å². The lowest BCUT2D eigenvalue weighted by atomic mass is 10.3. The fourth-order valence-corrected chi connectivity index (χ4v) is 3.07. The van der Waals surface area contributed by atoms with Gasteiger partial charge in [-0.15, -0.1) is 0 Å². The minimum absolute atomic E-state index is 0.0990. The van der Waals surface area contributed by atoms with Crippen molar-refractivity contribution in [2.45, 2.75) is 16.3 Å². The molecule has 1 N–H and O–H groups in total. The fraction of sp³-hybridized carbons (Fsp3) is 0.0588. The van der Waals surface area contributed by atoms with E-state index >= 15 is 0 Å². The van der Waals surface area contributed by atoms with Crippen LogP contribution in [0.5, 0.6) is 0 Å². The minimum Gasteiger partial charge on any atom is -0.358 e. The molecule has 25 heavy (non-hydrogen) atoms. The number of nitrogens with zero attached hydrogens (tertiary/aromatic N) is 3. The molecule has 1 amide bonds. The summed E-state index contributed by atoms with van der Waals surface area (Å²) < 4.78 is 1.24. The Balaban J connectivity index is 1.69. The third-order valence-electron chi connectivity index (χ3n) is 3.25. The highest BCUT2D eigenvalue weighted by Gasteiger charge is 2.14. The largest absolute Gasteiger partial charge is 0.389 e. The summed E-state index contributed by atoms with van der Waals surface area (Å²) in [6.45, 7) is -0.0990. The molecule has 1 aromatic heterocycles. The highest BCUT2D eigenvalue weighted by atomic mass is 32.2. The predicted molar refractivity (Wildman–Crippen MR) is 94.5 cm³/mol. The van der Waals surface area contributed by atoms with Crippen LogP contribution in [0.4, 0.5) is 11.5 Å². The maximum absolute atomic E-state index is 12.2. The van der Waals surface area contributed by atoms with Crippen LogP contribution in [-0.4, -0.2) is 20.6 Å². The quantitative estimate of drug-likeness (QED) is 0.540. The Bertz CT molecular complexity index is 896. The molecule has 0 aliphatic heterocycles. The molecule has 3 rings (SSSR count). The Morgan fingerprint density at radius 3 is 2.56 bits per heavy atom. The number of hydrogen-bond donors (Lipinski definition) is 1. The van der Waals surface area contributed by atoms with Gasteiger partial charge < -0.3 is 15.4 Å². The van der Waals surface area contributed by atoms with Crippen LogP contribution in [0.2, 0.25) is 0 Å². The van der Waals surface area contributed by atoms with Crippen molar-refractivity contribution in [3.63, 3.8) is 0 Å². The van der Waals surface area contributed by atoms with Gasteiger partial charge in [-0.1, -0.05) is 42.1 Å². The molecule has 0 fully saturated rings. The highest BCUT2D eigenvalue weighted by Crippen LogP contribution is 2.33. The van der Waals surface area contributed by atoms with Gasteiger partial charge in [0.1, 0.15) is 6.54 Å². The van der Waals surface area contributed by atoms with Crippen LogP contribution in [-0.2, 0) is 11.3 Å². The van der Waals surface area contributed by atoms with Crippen molar-refractivity contribution in [2.24, 2.45) is 0 Å². The van der Waals surface area contributed by atoms with E-state index in [9.17, 15) is 14.9 Å². The summed E-state index contributed by atoms with van der Waals surface area (Å²) in [5.74, 6) is -0.591. The Hall–Kier alpha value is -3.13. The van der Waals surface area contributed by atoms with Gasteiger partial charge in [0.15, 0.2) is 0 Å². The smallest absolute Gasteiger partial charge is 0.358 e. The molecule has 2 aromatic carbocycles. The molecule has 0 atom stereocenters. The standard InChI is InChI=1S/C17H14N4O3S/c22-17(12-20-11-10-16(19-20)21(23)24)18-14-8-4-5-9-15(14)25-13-6-2-1-3-7-13/h1-11H,12H2,(H,18,22). The first-order valence-corrected chi connectivity index (χ1v) is 8.23. The van der Waals surface area contributed by atoms with Crippen molar-refractivity contribution in [1.82, 2.24) is 9.78 Å². The van der Waals surface area contributed by atoms with Crippen molar-refractivity contribution in [3.05, 3.63) is 77.0 Å². The van der Waals surface area contributed by atoms with Gasteiger partial charge in [-0.2, -0.15) is 4.68 Å². The first kappa shape index (κ1) is 16.7. The first-order chi connectivity index (χ1) is 12.1. The van der Waals surface area contributed by atoms with Gasteiger partial charge in [0, 0.05) is 9.79 Å². The summed E-state index contributed by atoms with van der Waals surface area (Å²) in [5.41, 5.74) is 0.683. The van der Waals surface area contributed by atoms with Gasteiger partial charge in [0.05, 0.1) is 23.0 Å². The number of nitrogens with one attached hydrogen (secondary N) is 1. The predicted octanol–water partition coefficient (Wildman–Crippen LogP) is 3.58. The van der Waals surface area contributed by atoms with Crippen LogP contribution >= 0.6 is 11.8 Å². The number of carbonyl (C=O) groups excluding carboxylic acids is 1. The SMILES string of the molecule is O=C(Cn1ccc([N+](=O)[O-])n1)Nc1ccccc1Sc1ccccc1. The molecule has 0 aliphatic rings. The molecule has 0 saturated carbocycles. The lowest BCUT2D eigenvalue weighted by molar-refractivity contribution is -0.389. The van der Waals surface area contributed by atoms with Crippen LogP contribution in [0.15, 0.2) is 76.7 Å². The van der Waals surface area contributed by atoms with Gasteiger partial charge in [-0.3, -0.25) is 4.79 Å². The fourth-order valence-electron chi connectivity index (χ4n) is 2.15. The van der Waals surface area contributed by atoms with Crippen LogP contribution in [0.25, 0.3) is 0 Å². The third kappa shape index (κ3) is 4.45. The second-order valence-corrected chi connectivity index (χ2v) is 6.20. The van der Waals surface area contributed by atoms with Gasteiger partial charge in [-0.25, -0.2) is 0 Å². The molecular formula is C17H14N4O3S. The topological polar surface area (TPSA) is 90.1 Å². The Labute approximate surface area is 147 Å². The van der Waals surface area contributed by atoms with Crippen molar-refractivity contribution < 1.29 is 9.72 Å². The number of aromatic nitrogens is 2. The summed E-state index contributed by atoms with van der Waals surface area (Å²) in [6.07, 6.45) is 1.41. The zero-order valence-electron chi connectivity index (χ0n) is 13.0. The van der Waals surface area contributed by atoms with E-state index in [1.165, 1.54) is 16.9 Å². The van der Waals surface area contributed by atoms with Crippen molar-refractivity contribution in [3.8, 4) is 0 Å². The monoisotopic (exact) mass is 354 g/mol. The van der Waals surface area contributed by atoms with E-state index in [0.29, 0.717) is 5.69 Å². The number of carbonyl (C=O) groups is 1. The summed E-state index contributed by atoms with van der Waals surface area (Å²) in [4.78, 5) is 24.2. The molecule has 7 nitrogen and oxygen atoms in total. The molecule has 3 aromatic rings. The molecular weight excluding hydrogens is 340 g/mol. The second-order valence-electron chi connectivity index (χ2n) is 5.09. The van der Waals surface area contributed by atoms with E-state index in [1.807, 2.05) is 54.6 Å². The van der Waals surface area contributed by atoms with E-state index in [4.69, 9.17) is 0 Å². The molecule has 126 valence electrons. The van der Waals surface area contributed by atoms with E-state index in [0.717, 1.165) is 9.79 Å². The van der Waals surface area contributed by atoms with Gasteiger partial charge in [0.2, 0.25) is 5.91 Å². The number of anilines is 1. The van der Waals surface area contributed by atoms with E-state index in [-0.39, 0.29) is 18.3 Å². The average molecular weight is 354 g/mol. The Kier molecular flexibility index (Phi) is 5.10. The number of nitro groups is 1. The van der Waals surface area contributed by atoms with Gasteiger partial charge in [-0.05, 0) is 29.2 Å². The molecule has 8 heteroatoms.